The molecule has 2 fully saturated rings. The standard InChI is InChI=1S/C15H29NO2/c1-2-3-6-18-11-15(17)10-16-9-14-8-12-4-5-13(14)7-12/h12-17H,2-11H2,1H3. The first-order chi connectivity index (χ1) is 8.79. The van der Waals surface area contributed by atoms with E-state index < -0.39 is 0 Å². The lowest BCUT2D eigenvalue weighted by atomic mass is 9.89. The minimum Gasteiger partial charge on any atom is -0.389 e. The minimum absolute atomic E-state index is 0.347. The van der Waals surface area contributed by atoms with Crippen molar-refractivity contribution < 1.29 is 9.84 Å². The Morgan fingerprint density at radius 3 is 2.89 bits per heavy atom. The highest BCUT2D eigenvalue weighted by atomic mass is 16.5. The van der Waals surface area contributed by atoms with Gasteiger partial charge in [0.1, 0.15) is 0 Å². The lowest BCUT2D eigenvalue weighted by Crippen LogP contribution is -2.34. The van der Waals surface area contributed by atoms with E-state index in [9.17, 15) is 5.11 Å². The number of hydrogen-bond acceptors (Lipinski definition) is 3. The highest BCUT2D eigenvalue weighted by Gasteiger charge is 2.38. The number of fused-ring (bicyclic) bond motifs is 2. The molecule has 0 amide bonds. The Labute approximate surface area is 111 Å². The first kappa shape index (κ1) is 14.3. The molecule has 4 atom stereocenters. The Morgan fingerprint density at radius 2 is 2.22 bits per heavy atom. The zero-order valence-electron chi connectivity index (χ0n) is 11.7. The van der Waals surface area contributed by atoms with Gasteiger partial charge in [-0.25, -0.2) is 0 Å². The van der Waals surface area contributed by atoms with Crippen molar-refractivity contribution in [1.29, 1.82) is 0 Å². The summed E-state index contributed by atoms with van der Waals surface area (Å²) in [5.74, 6) is 2.86. The second-order valence-corrected chi connectivity index (χ2v) is 6.18. The van der Waals surface area contributed by atoms with E-state index in [-0.39, 0.29) is 6.10 Å². The fourth-order valence-corrected chi connectivity index (χ4v) is 3.59. The molecule has 2 bridgehead atoms. The van der Waals surface area contributed by atoms with Gasteiger partial charge in [-0.2, -0.15) is 0 Å². The van der Waals surface area contributed by atoms with Gasteiger partial charge in [-0.15, -0.1) is 0 Å². The Morgan fingerprint density at radius 1 is 1.33 bits per heavy atom. The molecule has 0 heterocycles. The van der Waals surface area contributed by atoms with Crippen molar-refractivity contribution in [2.75, 3.05) is 26.3 Å². The maximum Gasteiger partial charge on any atom is 0.0897 e. The highest BCUT2D eigenvalue weighted by Crippen LogP contribution is 2.47. The van der Waals surface area contributed by atoms with Crippen LogP contribution in [0.3, 0.4) is 0 Å². The molecule has 0 saturated heterocycles. The Bertz CT molecular complexity index is 235. The summed E-state index contributed by atoms with van der Waals surface area (Å²) in [6, 6.07) is 0. The summed E-state index contributed by atoms with van der Waals surface area (Å²) in [6.07, 6.45) is 7.69. The van der Waals surface area contributed by atoms with Crippen LogP contribution >= 0.6 is 0 Å². The first-order valence-electron chi connectivity index (χ1n) is 7.76. The lowest BCUT2D eigenvalue weighted by Gasteiger charge is -2.22. The van der Waals surface area contributed by atoms with Gasteiger partial charge in [-0.3, -0.25) is 0 Å². The summed E-state index contributed by atoms with van der Waals surface area (Å²) in [4.78, 5) is 0. The van der Waals surface area contributed by atoms with E-state index in [1.54, 1.807) is 0 Å². The van der Waals surface area contributed by atoms with Gasteiger partial charge in [-0.05, 0) is 50.0 Å². The SMILES string of the molecule is CCCCOCC(O)CNCC1CC2CCC1C2. The average Bonchev–Trinajstić information content (AvgIpc) is 2.97. The smallest absolute Gasteiger partial charge is 0.0897 e. The normalized spacial score (nSPS) is 32.0. The van der Waals surface area contributed by atoms with Crippen LogP contribution in [0.15, 0.2) is 0 Å². The molecule has 2 saturated carbocycles. The van der Waals surface area contributed by atoms with Crippen molar-refractivity contribution in [1.82, 2.24) is 5.32 Å². The molecular formula is C15H29NO2. The topological polar surface area (TPSA) is 41.5 Å². The maximum absolute atomic E-state index is 9.77. The third-order valence-electron chi connectivity index (χ3n) is 4.62. The molecule has 18 heavy (non-hydrogen) atoms. The number of ether oxygens (including phenoxy) is 1. The number of nitrogens with one attached hydrogen (secondary N) is 1. The molecule has 0 aromatic rings. The molecule has 0 aromatic heterocycles. The van der Waals surface area contributed by atoms with Crippen LogP contribution in [0.1, 0.15) is 45.4 Å². The van der Waals surface area contributed by atoms with Crippen molar-refractivity contribution >= 4 is 0 Å². The molecule has 2 aliphatic rings. The Balaban J connectivity index is 1.47. The van der Waals surface area contributed by atoms with Crippen LogP contribution in [-0.4, -0.2) is 37.5 Å². The summed E-state index contributed by atoms with van der Waals surface area (Å²) in [6.45, 7) is 5.17. The van der Waals surface area contributed by atoms with Gasteiger partial charge >= 0.3 is 0 Å². The summed E-state index contributed by atoms with van der Waals surface area (Å²) in [5, 5.41) is 13.2. The van der Waals surface area contributed by atoms with Crippen LogP contribution in [0, 0.1) is 17.8 Å². The van der Waals surface area contributed by atoms with Gasteiger partial charge in [-0.1, -0.05) is 19.8 Å². The van der Waals surface area contributed by atoms with Crippen molar-refractivity contribution in [2.45, 2.75) is 51.6 Å². The fraction of sp³-hybridized carbons (Fsp3) is 1.00. The van der Waals surface area contributed by atoms with Crippen molar-refractivity contribution in [3.8, 4) is 0 Å². The lowest BCUT2D eigenvalue weighted by molar-refractivity contribution is 0.0352. The molecule has 3 nitrogen and oxygen atoms in total. The van der Waals surface area contributed by atoms with E-state index >= 15 is 0 Å². The van der Waals surface area contributed by atoms with E-state index in [4.69, 9.17) is 4.74 Å². The second-order valence-electron chi connectivity index (χ2n) is 6.18. The van der Waals surface area contributed by atoms with E-state index in [1.807, 2.05) is 0 Å². The number of unbranched alkanes of at least 4 members (excludes halogenated alkanes) is 1. The van der Waals surface area contributed by atoms with Crippen LogP contribution < -0.4 is 5.32 Å². The van der Waals surface area contributed by atoms with Crippen LogP contribution in [-0.2, 0) is 4.74 Å². The van der Waals surface area contributed by atoms with Gasteiger partial charge in [0.2, 0.25) is 0 Å². The third-order valence-corrected chi connectivity index (χ3v) is 4.62. The van der Waals surface area contributed by atoms with Crippen molar-refractivity contribution in [2.24, 2.45) is 17.8 Å². The monoisotopic (exact) mass is 255 g/mol. The molecule has 0 radical (unpaired) electrons. The Kier molecular flexibility index (Phi) is 5.93. The van der Waals surface area contributed by atoms with Crippen molar-refractivity contribution in [3.05, 3.63) is 0 Å². The van der Waals surface area contributed by atoms with Crippen molar-refractivity contribution in [3.63, 3.8) is 0 Å². The van der Waals surface area contributed by atoms with Gasteiger partial charge < -0.3 is 15.2 Å². The highest BCUT2D eigenvalue weighted by molar-refractivity contribution is 4.90. The van der Waals surface area contributed by atoms with Gasteiger partial charge in [0, 0.05) is 13.2 Å². The second kappa shape index (κ2) is 7.46. The van der Waals surface area contributed by atoms with Gasteiger partial charge in [0.05, 0.1) is 12.7 Å². The van der Waals surface area contributed by atoms with Crippen LogP contribution in [0.25, 0.3) is 0 Å². The van der Waals surface area contributed by atoms with Crippen LogP contribution in [0.4, 0.5) is 0 Å². The van der Waals surface area contributed by atoms with Gasteiger partial charge in [0.15, 0.2) is 0 Å². The largest absolute Gasteiger partial charge is 0.389 e. The number of rotatable bonds is 9. The number of aliphatic hydroxyl groups is 1. The predicted octanol–water partition coefficient (Wildman–Crippen LogP) is 2.19. The van der Waals surface area contributed by atoms with E-state index in [0.717, 1.165) is 43.7 Å². The summed E-state index contributed by atoms with van der Waals surface area (Å²) < 4.78 is 5.42. The van der Waals surface area contributed by atoms with Gasteiger partial charge in [0.25, 0.3) is 0 Å². The first-order valence-corrected chi connectivity index (χ1v) is 7.76. The fourth-order valence-electron chi connectivity index (χ4n) is 3.59. The summed E-state index contributed by atoms with van der Waals surface area (Å²) in [7, 11) is 0. The van der Waals surface area contributed by atoms with E-state index in [1.165, 1.54) is 25.7 Å². The minimum atomic E-state index is -0.347. The zero-order chi connectivity index (χ0) is 12.8. The van der Waals surface area contributed by atoms with Crippen LogP contribution in [0.5, 0.6) is 0 Å². The molecule has 2 rings (SSSR count). The average molecular weight is 255 g/mol. The quantitative estimate of drug-likeness (QED) is 0.621. The number of hydrogen-bond donors (Lipinski definition) is 2. The molecule has 4 unspecified atom stereocenters. The predicted molar refractivity (Wildman–Crippen MR) is 73.5 cm³/mol. The summed E-state index contributed by atoms with van der Waals surface area (Å²) >= 11 is 0. The number of aliphatic hydroxyl groups excluding tert-OH is 1. The maximum atomic E-state index is 9.77. The van der Waals surface area contributed by atoms with E-state index in [2.05, 4.69) is 12.2 Å². The molecule has 0 aromatic carbocycles. The molecular weight excluding hydrogens is 226 g/mol. The molecule has 2 N–H and O–H groups in total. The zero-order valence-corrected chi connectivity index (χ0v) is 11.7. The van der Waals surface area contributed by atoms with Crippen LogP contribution in [0.2, 0.25) is 0 Å². The van der Waals surface area contributed by atoms with E-state index in [0.29, 0.717) is 13.2 Å². The summed E-state index contributed by atoms with van der Waals surface area (Å²) in [5.41, 5.74) is 0. The molecule has 3 heteroatoms. The molecule has 0 spiro atoms. The third kappa shape index (κ3) is 4.22. The Hall–Kier alpha value is -0.120. The molecule has 2 aliphatic carbocycles. The molecule has 106 valence electrons. The molecule has 0 aliphatic heterocycles.